The summed E-state index contributed by atoms with van der Waals surface area (Å²) in [5.74, 6) is 6.48. The largest absolute Gasteiger partial charge is 0.401 e. The summed E-state index contributed by atoms with van der Waals surface area (Å²) in [5.41, 5.74) is 7.43. The first-order valence-electron chi connectivity index (χ1n) is 9.27. The molecule has 0 aliphatic carbocycles. The number of allylic oxidation sites excluding steroid dienone is 1. The zero-order valence-corrected chi connectivity index (χ0v) is 18.0. The van der Waals surface area contributed by atoms with Crippen molar-refractivity contribution in [2.75, 3.05) is 11.6 Å². The molecule has 1 aliphatic heterocycles. The number of nitrogens with two attached hydrogens (primary N) is 2. The fourth-order valence-corrected chi connectivity index (χ4v) is 2.93. The zero-order chi connectivity index (χ0) is 20.8. The minimum atomic E-state index is -0.0807. The second-order valence-electron chi connectivity index (χ2n) is 7.21. The molecule has 154 valence electrons. The summed E-state index contributed by atoms with van der Waals surface area (Å²) in [7, 11) is 0. The summed E-state index contributed by atoms with van der Waals surface area (Å²) in [5, 5.41) is 11.7. The van der Waals surface area contributed by atoms with Crippen LogP contribution in [0.4, 0.5) is 5.69 Å². The molecule has 2 rings (SSSR count). The third-order valence-corrected chi connectivity index (χ3v) is 5.13. The van der Waals surface area contributed by atoms with Crippen LogP contribution in [0.25, 0.3) is 0 Å². The number of amides is 1. The highest BCUT2D eigenvalue weighted by molar-refractivity contribution is 6.42. The molecule has 1 aromatic carbocycles. The Morgan fingerprint density at radius 2 is 2.11 bits per heavy atom. The van der Waals surface area contributed by atoms with Crippen LogP contribution in [0, 0.1) is 5.92 Å². The van der Waals surface area contributed by atoms with Gasteiger partial charge in [0.1, 0.15) is 5.84 Å². The van der Waals surface area contributed by atoms with Gasteiger partial charge in [0.2, 0.25) is 5.91 Å². The highest BCUT2D eigenvalue weighted by Gasteiger charge is 2.25. The quantitative estimate of drug-likeness (QED) is 0.457. The van der Waals surface area contributed by atoms with Crippen LogP contribution >= 0.6 is 23.2 Å². The minimum Gasteiger partial charge on any atom is -0.401 e. The van der Waals surface area contributed by atoms with E-state index in [2.05, 4.69) is 10.4 Å². The summed E-state index contributed by atoms with van der Waals surface area (Å²) in [6.45, 7) is 6.62. The predicted octanol–water partition coefficient (Wildman–Crippen LogP) is 3.43. The van der Waals surface area contributed by atoms with Gasteiger partial charge >= 0.3 is 0 Å². The van der Waals surface area contributed by atoms with Crippen molar-refractivity contribution in [1.29, 1.82) is 0 Å². The summed E-state index contributed by atoms with van der Waals surface area (Å²) < 4.78 is 0. The molecule has 28 heavy (non-hydrogen) atoms. The first-order valence-corrected chi connectivity index (χ1v) is 10.0. The summed E-state index contributed by atoms with van der Waals surface area (Å²) in [6.07, 6.45) is 3.31. The molecule has 0 saturated carbocycles. The fraction of sp³-hybridized carbons (Fsp3) is 0.474. The number of rotatable bonds is 7. The normalized spacial score (nSPS) is 17.1. The number of carbonyl (C=O) groups excluding carboxylic acids is 1. The van der Waals surface area contributed by atoms with Gasteiger partial charge in [-0.05, 0) is 44.9 Å². The number of carbonyl (C=O) groups is 1. The van der Waals surface area contributed by atoms with Crippen molar-refractivity contribution in [2.24, 2.45) is 22.6 Å². The maximum Gasteiger partial charge on any atom is 0.225 e. The molecule has 9 heteroatoms. The van der Waals surface area contributed by atoms with E-state index >= 15 is 0 Å². The van der Waals surface area contributed by atoms with Crippen molar-refractivity contribution in [3.63, 3.8) is 0 Å². The maximum absolute atomic E-state index is 12.3. The lowest BCUT2D eigenvalue weighted by atomic mass is 10.1. The van der Waals surface area contributed by atoms with Gasteiger partial charge < -0.3 is 16.1 Å². The minimum absolute atomic E-state index is 0.0807. The summed E-state index contributed by atoms with van der Waals surface area (Å²) >= 11 is 12.0. The SMILES string of the molecule is CC(C)N(N)/C=C(\N)CCCC(=O)NC1=NN(c2ccc(Cl)c(Cl)c2)C[C@@H]1C. The lowest BCUT2D eigenvalue weighted by molar-refractivity contribution is -0.119. The van der Waals surface area contributed by atoms with Crippen molar-refractivity contribution in [3.8, 4) is 0 Å². The lowest BCUT2D eigenvalue weighted by Gasteiger charge is -2.19. The molecule has 1 aliphatic rings. The van der Waals surface area contributed by atoms with E-state index in [1.54, 1.807) is 23.3 Å². The fourth-order valence-electron chi connectivity index (χ4n) is 2.64. The number of amidine groups is 1. The topological polar surface area (TPSA) is 100.0 Å². The van der Waals surface area contributed by atoms with Gasteiger partial charge in [0.25, 0.3) is 0 Å². The van der Waals surface area contributed by atoms with Crippen molar-refractivity contribution < 1.29 is 4.79 Å². The average molecular weight is 427 g/mol. The Morgan fingerprint density at radius 3 is 2.75 bits per heavy atom. The molecule has 1 atom stereocenters. The number of nitrogens with one attached hydrogen (secondary N) is 1. The highest BCUT2D eigenvalue weighted by Crippen LogP contribution is 2.29. The van der Waals surface area contributed by atoms with Crippen LogP contribution in [0.5, 0.6) is 0 Å². The van der Waals surface area contributed by atoms with Gasteiger partial charge in [-0.25, -0.2) is 5.84 Å². The number of anilines is 1. The molecule has 5 N–H and O–H groups in total. The van der Waals surface area contributed by atoms with Gasteiger partial charge in [-0.1, -0.05) is 30.1 Å². The van der Waals surface area contributed by atoms with Crippen LogP contribution < -0.4 is 21.9 Å². The van der Waals surface area contributed by atoms with Gasteiger partial charge in [-0.3, -0.25) is 9.80 Å². The molecular formula is C19H28Cl2N6O. The van der Waals surface area contributed by atoms with E-state index in [1.807, 2.05) is 31.8 Å². The molecule has 0 radical (unpaired) electrons. The van der Waals surface area contributed by atoms with E-state index in [-0.39, 0.29) is 17.9 Å². The average Bonchev–Trinajstić information content (AvgIpc) is 2.97. The van der Waals surface area contributed by atoms with Gasteiger partial charge in [0.05, 0.1) is 22.3 Å². The second-order valence-corrected chi connectivity index (χ2v) is 8.03. The molecule has 0 aromatic heterocycles. The molecule has 0 fully saturated rings. The van der Waals surface area contributed by atoms with E-state index in [1.165, 1.54) is 0 Å². The Hall–Kier alpha value is -1.96. The van der Waals surface area contributed by atoms with Gasteiger partial charge in [0, 0.05) is 30.3 Å². The number of benzene rings is 1. The van der Waals surface area contributed by atoms with E-state index < -0.39 is 0 Å². The number of hydrazine groups is 1. The molecular weight excluding hydrogens is 399 g/mol. The third-order valence-electron chi connectivity index (χ3n) is 4.39. The third kappa shape index (κ3) is 6.29. The Morgan fingerprint density at radius 1 is 1.39 bits per heavy atom. The van der Waals surface area contributed by atoms with Crippen molar-refractivity contribution in [2.45, 2.75) is 46.1 Å². The van der Waals surface area contributed by atoms with Crippen molar-refractivity contribution >= 4 is 40.6 Å². The van der Waals surface area contributed by atoms with Gasteiger partial charge in [0.15, 0.2) is 0 Å². The Kier molecular flexibility index (Phi) is 7.98. The smallest absolute Gasteiger partial charge is 0.225 e. The Bertz CT molecular complexity index is 765. The Labute approximate surface area is 176 Å². The molecule has 0 bridgehead atoms. The molecule has 0 unspecified atom stereocenters. The summed E-state index contributed by atoms with van der Waals surface area (Å²) in [4.78, 5) is 12.3. The number of halogens is 2. The Balaban J connectivity index is 1.86. The van der Waals surface area contributed by atoms with Crippen molar-refractivity contribution in [1.82, 2.24) is 10.3 Å². The van der Waals surface area contributed by atoms with Gasteiger partial charge in [-0.2, -0.15) is 5.10 Å². The van der Waals surface area contributed by atoms with Crippen LogP contribution in [0.2, 0.25) is 10.0 Å². The number of hydrogen-bond donors (Lipinski definition) is 3. The standard InChI is InChI=1S/C19H28Cl2N6O/c1-12(2)26(23)11-14(22)5-4-6-18(28)24-19-13(3)10-27(25-19)15-7-8-16(20)17(21)9-15/h7-9,11-13H,4-6,10,22-23H2,1-3H3,(H,24,25,28)/b14-11-/t13-/m0/s1. The van der Waals surface area contributed by atoms with Crippen LogP contribution in [0.15, 0.2) is 35.2 Å². The lowest BCUT2D eigenvalue weighted by Crippen LogP contribution is -2.34. The monoisotopic (exact) mass is 426 g/mol. The number of hydrogen-bond acceptors (Lipinski definition) is 6. The first-order chi connectivity index (χ1) is 13.2. The molecule has 7 nitrogen and oxygen atoms in total. The van der Waals surface area contributed by atoms with E-state index in [0.717, 1.165) is 5.69 Å². The van der Waals surface area contributed by atoms with Crippen LogP contribution in [0.3, 0.4) is 0 Å². The number of nitrogens with zero attached hydrogens (tertiary/aromatic N) is 3. The highest BCUT2D eigenvalue weighted by atomic mass is 35.5. The predicted molar refractivity (Wildman–Crippen MR) is 116 cm³/mol. The summed E-state index contributed by atoms with van der Waals surface area (Å²) in [6, 6.07) is 5.51. The van der Waals surface area contributed by atoms with Crippen LogP contribution in [-0.2, 0) is 4.79 Å². The molecule has 0 spiro atoms. The first kappa shape index (κ1) is 22.3. The molecule has 0 saturated heterocycles. The van der Waals surface area contributed by atoms with E-state index in [4.69, 9.17) is 34.8 Å². The number of hydrazone groups is 1. The van der Waals surface area contributed by atoms with Crippen LogP contribution in [-0.4, -0.2) is 29.3 Å². The molecule has 1 aromatic rings. The molecule has 1 amide bonds. The maximum atomic E-state index is 12.3. The van der Waals surface area contributed by atoms with E-state index in [9.17, 15) is 4.79 Å². The molecule has 1 heterocycles. The van der Waals surface area contributed by atoms with E-state index in [0.29, 0.717) is 47.4 Å². The second kappa shape index (κ2) is 10.0. The van der Waals surface area contributed by atoms with Crippen LogP contribution in [0.1, 0.15) is 40.0 Å². The van der Waals surface area contributed by atoms with Gasteiger partial charge in [-0.15, -0.1) is 0 Å². The van der Waals surface area contributed by atoms with Crippen molar-refractivity contribution in [3.05, 3.63) is 40.1 Å². The zero-order valence-electron chi connectivity index (χ0n) is 16.5.